The molecule has 1 atom stereocenters. The van der Waals surface area contributed by atoms with Crippen LogP contribution in [0.15, 0.2) is 70.3 Å². The Bertz CT molecular complexity index is 1520. The summed E-state index contributed by atoms with van der Waals surface area (Å²) in [6, 6.07) is 12.6. The van der Waals surface area contributed by atoms with Crippen LogP contribution in [-0.4, -0.2) is 34.4 Å². The number of carbonyl (C=O) groups is 3. The number of hydrogen-bond donors (Lipinski definition) is 1. The van der Waals surface area contributed by atoms with Crippen molar-refractivity contribution < 1.29 is 33.0 Å². The van der Waals surface area contributed by atoms with Crippen molar-refractivity contribution in [1.29, 1.82) is 0 Å². The number of carbonyl (C=O) groups excluding carboxylic acids is 3. The minimum atomic E-state index is -1.14. The number of Topliss-reactive ketones (excluding diaryl/α,β-unsaturated/α-hetero) is 1. The van der Waals surface area contributed by atoms with Gasteiger partial charge in [0.25, 0.3) is 5.91 Å². The third-order valence-electron chi connectivity index (χ3n) is 5.74. The van der Waals surface area contributed by atoms with Crippen molar-refractivity contribution in [1.82, 2.24) is 4.98 Å². The molecule has 0 radical (unpaired) electrons. The number of esters is 1. The van der Waals surface area contributed by atoms with Crippen LogP contribution in [0.25, 0.3) is 11.0 Å². The Morgan fingerprint density at radius 1 is 1.19 bits per heavy atom. The van der Waals surface area contributed by atoms with Crippen LogP contribution in [0.1, 0.15) is 44.4 Å². The first kappa shape index (κ1) is 23.4. The summed E-state index contributed by atoms with van der Waals surface area (Å²) in [5, 5.41) is 11.6. The third kappa shape index (κ3) is 3.85. The second kappa shape index (κ2) is 9.04. The van der Waals surface area contributed by atoms with Crippen LogP contribution in [0, 0.1) is 12.7 Å². The van der Waals surface area contributed by atoms with E-state index < -0.39 is 35.3 Å². The lowest BCUT2D eigenvalue weighted by Crippen LogP contribution is -2.31. The first-order chi connectivity index (χ1) is 17.3. The summed E-state index contributed by atoms with van der Waals surface area (Å²) in [6.45, 7) is 3.42. The number of benzene rings is 2. The summed E-state index contributed by atoms with van der Waals surface area (Å²) in [5.74, 6) is -3.54. The van der Waals surface area contributed by atoms with Gasteiger partial charge in [0, 0.05) is 5.39 Å². The van der Waals surface area contributed by atoms with Crippen molar-refractivity contribution in [2.45, 2.75) is 19.9 Å². The van der Waals surface area contributed by atoms with E-state index >= 15 is 0 Å². The van der Waals surface area contributed by atoms with Gasteiger partial charge in [-0.15, -0.1) is 0 Å². The van der Waals surface area contributed by atoms with E-state index in [-0.39, 0.29) is 27.9 Å². The van der Waals surface area contributed by atoms with E-state index in [2.05, 4.69) is 4.98 Å². The number of anilines is 1. The molecular weight excluding hydrogens is 487 g/mol. The first-order valence-corrected chi connectivity index (χ1v) is 11.8. The van der Waals surface area contributed by atoms with Gasteiger partial charge in [0.2, 0.25) is 5.78 Å². The Morgan fingerprint density at radius 3 is 2.61 bits per heavy atom. The number of halogens is 1. The number of furan rings is 1. The highest BCUT2D eigenvalue weighted by atomic mass is 32.1. The van der Waals surface area contributed by atoms with Gasteiger partial charge in [0.1, 0.15) is 16.3 Å². The standard InChI is InChI=1S/C26H19FN2O6S/c1-3-34-25(33)23-13(2)28-26(36-23)29-20(14-8-10-16(27)11-9-14)19(22(31)24(29)32)21(30)18-12-15-6-4-5-7-17(15)35-18/h4-12,20,31H,3H2,1-2H3. The predicted octanol–water partition coefficient (Wildman–Crippen LogP) is 5.30. The van der Waals surface area contributed by atoms with Gasteiger partial charge >= 0.3 is 5.97 Å². The van der Waals surface area contributed by atoms with Crippen LogP contribution in [0.5, 0.6) is 0 Å². The Morgan fingerprint density at radius 2 is 1.92 bits per heavy atom. The molecule has 5 rings (SSSR count). The predicted molar refractivity (Wildman–Crippen MR) is 130 cm³/mol. The van der Waals surface area contributed by atoms with Crippen LogP contribution in [0.4, 0.5) is 9.52 Å². The molecule has 4 aromatic rings. The second-order valence-electron chi connectivity index (χ2n) is 8.00. The van der Waals surface area contributed by atoms with E-state index in [9.17, 15) is 23.9 Å². The topological polar surface area (TPSA) is 110 Å². The highest BCUT2D eigenvalue weighted by molar-refractivity contribution is 7.17. The molecule has 0 bridgehead atoms. The van der Waals surface area contributed by atoms with Gasteiger partial charge in [-0.3, -0.25) is 14.5 Å². The van der Waals surface area contributed by atoms with Gasteiger partial charge in [0.05, 0.1) is 23.9 Å². The molecule has 0 spiro atoms. The number of aliphatic hydroxyl groups excluding tert-OH is 1. The second-order valence-corrected chi connectivity index (χ2v) is 8.98. The van der Waals surface area contributed by atoms with E-state index in [4.69, 9.17) is 9.15 Å². The molecule has 0 aliphatic carbocycles. The summed E-state index contributed by atoms with van der Waals surface area (Å²) in [5.41, 5.74) is 0.917. The van der Waals surface area contributed by atoms with Crippen molar-refractivity contribution in [3.8, 4) is 0 Å². The molecule has 8 nitrogen and oxygen atoms in total. The summed E-state index contributed by atoms with van der Waals surface area (Å²) in [4.78, 5) is 44.9. The van der Waals surface area contributed by atoms with Crippen LogP contribution >= 0.6 is 11.3 Å². The lowest BCUT2D eigenvalue weighted by atomic mass is 9.95. The Kier molecular flexibility index (Phi) is 5.89. The summed E-state index contributed by atoms with van der Waals surface area (Å²) < 4.78 is 24.5. The van der Waals surface area contributed by atoms with E-state index in [1.807, 2.05) is 0 Å². The molecule has 1 amide bonds. The number of aromatic nitrogens is 1. The largest absolute Gasteiger partial charge is 0.503 e. The number of ether oxygens (including phenoxy) is 1. The maximum Gasteiger partial charge on any atom is 0.350 e. The number of amides is 1. The fourth-order valence-corrected chi connectivity index (χ4v) is 5.08. The zero-order valence-electron chi connectivity index (χ0n) is 19.1. The van der Waals surface area contributed by atoms with Crippen molar-refractivity contribution >= 4 is 45.1 Å². The molecule has 10 heteroatoms. The van der Waals surface area contributed by atoms with Gasteiger partial charge < -0.3 is 14.3 Å². The monoisotopic (exact) mass is 506 g/mol. The molecule has 1 N–H and O–H groups in total. The molecule has 0 fully saturated rings. The number of nitrogens with zero attached hydrogens (tertiary/aromatic N) is 2. The minimum Gasteiger partial charge on any atom is -0.503 e. The summed E-state index contributed by atoms with van der Waals surface area (Å²) in [7, 11) is 0. The third-order valence-corrected chi connectivity index (χ3v) is 6.88. The number of ketones is 1. The minimum absolute atomic E-state index is 0.0676. The van der Waals surface area contributed by atoms with Crippen LogP contribution in [-0.2, 0) is 9.53 Å². The molecule has 3 heterocycles. The fourth-order valence-electron chi connectivity index (χ4n) is 4.09. The molecule has 2 aromatic carbocycles. The Labute approximate surface area is 208 Å². The maximum absolute atomic E-state index is 13.7. The van der Waals surface area contributed by atoms with Gasteiger partial charge in [-0.1, -0.05) is 41.7 Å². The fraction of sp³-hybridized carbons (Fsp3) is 0.154. The molecule has 182 valence electrons. The number of aryl methyl sites for hydroxylation is 1. The number of thiazole rings is 1. The van der Waals surface area contributed by atoms with Gasteiger partial charge in [-0.2, -0.15) is 0 Å². The number of para-hydroxylation sites is 1. The van der Waals surface area contributed by atoms with Crippen molar-refractivity contribution in [3.05, 3.63) is 93.6 Å². The smallest absolute Gasteiger partial charge is 0.350 e. The molecule has 1 aliphatic rings. The average molecular weight is 507 g/mol. The number of hydrogen-bond acceptors (Lipinski definition) is 8. The molecule has 0 saturated carbocycles. The van der Waals surface area contributed by atoms with E-state index in [1.54, 1.807) is 38.1 Å². The van der Waals surface area contributed by atoms with Gasteiger partial charge in [-0.25, -0.2) is 14.2 Å². The first-order valence-electron chi connectivity index (χ1n) is 11.0. The summed E-state index contributed by atoms with van der Waals surface area (Å²) in [6.07, 6.45) is 0. The maximum atomic E-state index is 13.7. The van der Waals surface area contributed by atoms with E-state index in [0.717, 1.165) is 16.2 Å². The molecule has 2 aromatic heterocycles. The molecule has 0 saturated heterocycles. The lowest BCUT2D eigenvalue weighted by molar-refractivity contribution is -0.117. The molecule has 36 heavy (non-hydrogen) atoms. The van der Waals surface area contributed by atoms with Crippen LogP contribution in [0.3, 0.4) is 0 Å². The van der Waals surface area contributed by atoms with E-state index in [1.165, 1.54) is 30.3 Å². The van der Waals surface area contributed by atoms with Gasteiger partial charge in [-0.05, 0) is 43.7 Å². The molecular formula is C26H19FN2O6S. The normalized spacial score (nSPS) is 15.7. The average Bonchev–Trinajstić information content (AvgIpc) is 3.53. The van der Waals surface area contributed by atoms with Crippen LogP contribution in [0.2, 0.25) is 0 Å². The van der Waals surface area contributed by atoms with Gasteiger partial charge in [0.15, 0.2) is 16.7 Å². The zero-order valence-corrected chi connectivity index (χ0v) is 20.0. The number of fused-ring (bicyclic) bond motifs is 1. The number of aliphatic hydroxyl groups is 1. The zero-order chi connectivity index (χ0) is 25.6. The summed E-state index contributed by atoms with van der Waals surface area (Å²) >= 11 is 0.898. The highest BCUT2D eigenvalue weighted by Crippen LogP contribution is 2.44. The SMILES string of the molecule is CCOC(=O)c1sc(N2C(=O)C(O)=C(C(=O)c3cc4ccccc4o3)C2c2ccc(F)cc2)nc1C. The van der Waals surface area contributed by atoms with E-state index in [0.29, 0.717) is 22.2 Å². The van der Waals surface area contributed by atoms with Crippen molar-refractivity contribution in [3.63, 3.8) is 0 Å². The quantitative estimate of drug-likeness (QED) is 0.279. The van der Waals surface area contributed by atoms with Crippen molar-refractivity contribution in [2.75, 3.05) is 11.5 Å². The lowest BCUT2D eigenvalue weighted by Gasteiger charge is -2.24. The molecule has 1 unspecified atom stereocenters. The number of rotatable bonds is 6. The molecule has 1 aliphatic heterocycles. The Balaban J connectivity index is 1.63. The highest BCUT2D eigenvalue weighted by Gasteiger charge is 2.47. The van der Waals surface area contributed by atoms with Crippen LogP contribution < -0.4 is 4.90 Å². The van der Waals surface area contributed by atoms with Crippen molar-refractivity contribution in [2.24, 2.45) is 0 Å². The Hall–Kier alpha value is -4.31.